The van der Waals surface area contributed by atoms with Gasteiger partial charge in [0.25, 0.3) is 0 Å². The Kier molecular flexibility index (Phi) is 4.88. The first-order valence-corrected chi connectivity index (χ1v) is 8.54. The lowest BCUT2D eigenvalue weighted by Crippen LogP contribution is -1.97. The van der Waals surface area contributed by atoms with Crippen LogP contribution in [-0.2, 0) is 0 Å². The van der Waals surface area contributed by atoms with Crippen LogP contribution in [-0.4, -0.2) is 0 Å². The van der Waals surface area contributed by atoms with Crippen molar-refractivity contribution in [1.29, 1.82) is 0 Å². The zero-order valence-corrected chi connectivity index (χ0v) is 14.4. The van der Waals surface area contributed by atoms with Gasteiger partial charge >= 0.3 is 0 Å². The summed E-state index contributed by atoms with van der Waals surface area (Å²) in [5.41, 5.74) is 1.30. The van der Waals surface area contributed by atoms with Gasteiger partial charge in [-0.1, -0.05) is 50.1 Å². The van der Waals surface area contributed by atoms with Crippen molar-refractivity contribution in [3.05, 3.63) is 55.8 Å². The average Bonchev–Trinajstić information content (AvgIpc) is 2.81. The second-order valence-corrected chi connectivity index (χ2v) is 7.57. The van der Waals surface area contributed by atoms with Crippen LogP contribution in [0.25, 0.3) is 0 Å². The Morgan fingerprint density at radius 1 is 1.00 bits per heavy atom. The molecule has 0 spiro atoms. The molecule has 0 N–H and O–H groups in total. The van der Waals surface area contributed by atoms with Gasteiger partial charge in [0.2, 0.25) is 0 Å². The first-order valence-electron chi connectivity index (χ1n) is 4.75. The molecule has 0 aliphatic heterocycles. The first-order chi connectivity index (χ1) is 7.68. The molecule has 0 fully saturated rings. The summed E-state index contributed by atoms with van der Waals surface area (Å²) in [4.78, 5) is 1.98. The third kappa shape index (κ3) is 3.09. The zero-order chi connectivity index (χ0) is 11.5. The Morgan fingerprint density at radius 2 is 1.69 bits per heavy atom. The molecule has 0 aliphatic carbocycles. The molecule has 1 aromatic heterocycles. The van der Waals surface area contributed by atoms with Crippen molar-refractivity contribution in [2.75, 3.05) is 0 Å². The maximum absolute atomic E-state index is 3.75. The van der Waals surface area contributed by atoms with Gasteiger partial charge in [-0.3, -0.25) is 0 Å². The normalized spacial score (nSPS) is 14.7. The smallest absolute Gasteiger partial charge is 0.0654 e. The van der Waals surface area contributed by atoms with E-state index in [9.17, 15) is 0 Å². The number of halogens is 3. The van der Waals surface area contributed by atoms with Crippen molar-refractivity contribution in [2.45, 2.75) is 9.65 Å². The van der Waals surface area contributed by atoms with Gasteiger partial charge in [-0.15, -0.1) is 11.3 Å². The number of hydrogen-bond donors (Lipinski definition) is 0. The summed E-state index contributed by atoms with van der Waals surface area (Å²) in [5, 5.41) is 2.11. The van der Waals surface area contributed by atoms with Crippen molar-refractivity contribution in [3.8, 4) is 0 Å². The van der Waals surface area contributed by atoms with E-state index in [-0.39, 0.29) is 0 Å². The van der Waals surface area contributed by atoms with Crippen molar-refractivity contribution >= 4 is 65.8 Å². The first kappa shape index (κ1) is 13.1. The molecule has 84 valence electrons. The quantitative estimate of drug-likeness (QED) is 0.385. The molecule has 1 heterocycles. The lowest BCUT2D eigenvalue weighted by molar-refractivity contribution is 0.957. The van der Waals surface area contributed by atoms with Crippen LogP contribution in [0.4, 0.5) is 0 Å². The molecule has 2 unspecified atom stereocenters. The Morgan fingerprint density at radius 3 is 2.25 bits per heavy atom. The van der Waals surface area contributed by atoms with E-state index >= 15 is 0 Å². The molecule has 16 heavy (non-hydrogen) atoms. The molecule has 4 heteroatoms. The molecule has 0 nitrogen and oxygen atoms in total. The minimum absolute atomic E-state index is 0.308. The SMILES string of the molecule is BrC(c1ccc(I)cc1)C(Br)c1cccs1. The van der Waals surface area contributed by atoms with Gasteiger partial charge in [0.1, 0.15) is 0 Å². The van der Waals surface area contributed by atoms with Crippen LogP contribution in [0.2, 0.25) is 0 Å². The van der Waals surface area contributed by atoms with E-state index in [1.54, 1.807) is 11.3 Å². The monoisotopic (exact) mass is 470 g/mol. The van der Waals surface area contributed by atoms with Crippen molar-refractivity contribution in [1.82, 2.24) is 0 Å². The number of hydrogen-bond acceptors (Lipinski definition) is 1. The van der Waals surface area contributed by atoms with Gasteiger partial charge in [-0.2, -0.15) is 0 Å². The van der Waals surface area contributed by atoms with Crippen molar-refractivity contribution < 1.29 is 0 Å². The van der Waals surface area contributed by atoms with Gasteiger partial charge < -0.3 is 0 Å². The number of alkyl halides is 2. The predicted molar refractivity (Wildman–Crippen MR) is 86.8 cm³/mol. The highest BCUT2D eigenvalue weighted by Gasteiger charge is 2.20. The number of benzene rings is 1. The molecule has 1 aromatic carbocycles. The summed E-state index contributed by atoms with van der Waals surface area (Å²) in [6.07, 6.45) is 0. The summed E-state index contributed by atoms with van der Waals surface area (Å²) in [6, 6.07) is 12.9. The van der Waals surface area contributed by atoms with Crippen LogP contribution in [0, 0.1) is 3.57 Å². The zero-order valence-electron chi connectivity index (χ0n) is 8.24. The van der Waals surface area contributed by atoms with Gasteiger partial charge in [0.15, 0.2) is 0 Å². The molecule has 0 amide bonds. The molecule has 0 aliphatic rings. The van der Waals surface area contributed by atoms with Crippen LogP contribution in [0.3, 0.4) is 0 Å². The Bertz CT molecular complexity index is 439. The largest absolute Gasteiger partial charge is 0.148 e. The molecule has 2 aromatic rings. The van der Waals surface area contributed by atoms with Crippen LogP contribution in [0.5, 0.6) is 0 Å². The molecule has 0 saturated carbocycles. The van der Waals surface area contributed by atoms with E-state index in [2.05, 4.69) is 96.2 Å². The Hall–Kier alpha value is 0.610. The van der Waals surface area contributed by atoms with E-state index in [4.69, 9.17) is 0 Å². The fourth-order valence-corrected chi connectivity index (χ4v) is 4.05. The minimum Gasteiger partial charge on any atom is -0.148 e. The second kappa shape index (κ2) is 5.98. The summed E-state index contributed by atoms with van der Waals surface area (Å²) in [7, 11) is 0. The number of thiophene rings is 1. The van der Waals surface area contributed by atoms with Crippen LogP contribution >= 0.6 is 65.8 Å². The Balaban J connectivity index is 2.19. The fourth-order valence-electron chi connectivity index (χ4n) is 1.41. The highest BCUT2D eigenvalue weighted by molar-refractivity contribution is 14.1. The van der Waals surface area contributed by atoms with E-state index in [1.165, 1.54) is 14.0 Å². The molecule has 2 rings (SSSR count). The third-order valence-corrected chi connectivity index (χ3v) is 7.03. The fraction of sp³-hybridized carbons (Fsp3) is 0.167. The van der Waals surface area contributed by atoms with E-state index < -0.39 is 0 Å². The van der Waals surface area contributed by atoms with Gasteiger partial charge in [-0.05, 0) is 51.7 Å². The highest BCUT2D eigenvalue weighted by atomic mass is 127. The van der Waals surface area contributed by atoms with Gasteiger partial charge in [0.05, 0.1) is 9.65 Å². The van der Waals surface area contributed by atoms with Crippen LogP contribution in [0.15, 0.2) is 41.8 Å². The van der Waals surface area contributed by atoms with Gasteiger partial charge in [-0.25, -0.2) is 0 Å². The molecule has 0 saturated heterocycles. The summed E-state index contributed by atoms with van der Waals surface area (Å²) >= 11 is 11.6. The standard InChI is InChI=1S/C12H9Br2IS/c13-11(8-3-5-9(15)6-4-8)12(14)10-2-1-7-16-10/h1-7,11-12H. The number of rotatable bonds is 3. The molecule has 2 atom stereocenters. The third-order valence-electron chi connectivity index (χ3n) is 2.26. The summed E-state index contributed by atoms with van der Waals surface area (Å²) in [6.45, 7) is 0. The Labute approximate surface area is 130 Å². The van der Waals surface area contributed by atoms with E-state index in [0.29, 0.717) is 9.65 Å². The molecule has 0 bridgehead atoms. The summed E-state index contributed by atoms with van der Waals surface area (Å²) in [5.74, 6) is 0. The highest BCUT2D eigenvalue weighted by Crippen LogP contribution is 2.43. The molecular weight excluding hydrogens is 463 g/mol. The van der Waals surface area contributed by atoms with E-state index in [0.717, 1.165) is 0 Å². The summed E-state index contributed by atoms with van der Waals surface area (Å²) < 4.78 is 1.27. The van der Waals surface area contributed by atoms with Crippen LogP contribution < -0.4 is 0 Å². The minimum atomic E-state index is 0.308. The average molecular weight is 472 g/mol. The van der Waals surface area contributed by atoms with Crippen LogP contribution in [0.1, 0.15) is 20.1 Å². The topological polar surface area (TPSA) is 0 Å². The van der Waals surface area contributed by atoms with Gasteiger partial charge in [0, 0.05) is 8.45 Å². The maximum atomic E-state index is 3.75. The van der Waals surface area contributed by atoms with Crippen molar-refractivity contribution in [2.24, 2.45) is 0 Å². The molecular formula is C12H9Br2IS. The lowest BCUT2D eigenvalue weighted by Gasteiger charge is -2.15. The second-order valence-electron chi connectivity index (χ2n) is 3.37. The predicted octanol–water partition coefficient (Wildman–Crippen LogP) is 5.92. The lowest BCUT2D eigenvalue weighted by atomic mass is 10.1. The molecule has 0 radical (unpaired) electrons. The van der Waals surface area contributed by atoms with E-state index in [1.807, 2.05) is 0 Å². The maximum Gasteiger partial charge on any atom is 0.0654 e. The van der Waals surface area contributed by atoms with Crippen molar-refractivity contribution in [3.63, 3.8) is 0 Å².